The summed E-state index contributed by atoms with van der Waals surface area (Å²) in [4.78, 5) is 21.7. The largest absolute Gasteiger partial charge is 0.480 e. The summed E-state index contributed by atoms with van der Waals surface area (Å²) < 4.78 is 0. The second-order valence-corrected chi connectivity index (χ2v) is 3.70. The second-order valence-electron chi connectivity index (χ2n) is 3.70. The summed E-state index contributed by atoms with van der Waals surface area (Å²) in [6.45, 7) is 1.43. The van der Waals surface area contributed by atoms with E-state index in [2.05, 4.69) is 10.6 Å². The molecule has 2 amide bonds. The van der Waals surface area contributed by atoms with Gasteiger partial charge < -0.3 is 20.8 Å². The Bertz CT molecular complexity index is 256. The van der Waals surface area contributed by atoms with Crippen LogP contribution in [0.1, 0.15) is 19.8 Å². The molecule has 0 saturated heterocycles. The highest BCUT2D eigenvalue weighted by atomic mass is 16.4. The van der Waals surface area contributed by atoms with Gasteiger partial charge in [0, 0.05) is 6.04 Å². The highest BCUT2D eigenvalue weighted by molar-refractivity contribution is 5.82. The van der Waals surface area contributed by atoms with Gasteiger partial charge in [-0.15, -0.1) is 0 Å². The number of carboxylic acid groups (broad SMARTS) is 1. The smallest absolute Gasteiger partial charge is 0.328 e. The van der Waals surface area contributed by atoms with Crippen LogP contribution < -0.4 is 10.6 Å². The van der Waals surface area contributed by atoms with Crippen LogP contribution in [-0.2, 0) is 4.79 Å². The van der Waals surface area contributed by atoms with E-state index in [9.17, 15) is 9.59 Å². The fourth-order valence-corrected chi connectivity index (χ4v) is 1.43. The van der Waals surface area contributed by atoms with Gasteiger partial charge in [-0.2, -0.15) is 0 Å². The third kappa shape index (κ3) is 3.39. The zero-order chi connectivity index (χ0) is 11.4. The summed E-state index contributed by atoms with van der Waals surface area (Å²) in [5, 5.41) is 22.1. The molecule has 86 valence electrons. The summed E-state index contributed by atoms with van der Waals surface area (Å²) in [7, 11) is 0. The maximum atomic E-state index is 11.2. The van der Waals surface area contributed by atoms with E-state index in [4.69, 9.17) is 10.2 Å². The molecule has 0 heterocycles. The number of amides is 2. The molecule has 0 bridgehead atoms. The number of urea groups is 1. The maximum Gasteiger partial charge on any atom is 0.328 e. The Balaban J connectivity index is 2.26. The lowest BCUT2D eigenvalue weighted by molar-refractivity contribution is -0.140. The van der Waals surface area contributed by atoms with Gasteiger partial charge in [-0.05, 0) is 12.3 Å². The molecule has 1 rings (SSSR count). The number of hydrogen-bond acceptors (Lipinski definition) is 3. The van der Waals surface area contributed by atoms with Crippen LogP contribution in [0.3, 0.4) is 0 Å². The molecule has 1 fully saturated rings. The molecule has 1 saturated carbocycles. The van der Waals surface area contributed by atoms with Crippen molar-refractivity contribution in [1.82, 2.24) is 10.6 Å². The van der Waals surface area contributed by atoms with Gasteiger partial charge in [-0.3, -0.25) is 0 Å². The third-order valence-electron chi connectivity index (χ3n) is 2.55. The predicted molar refractivity (Wildman–Crippen MR) is 52.4 cm³/mol. The van der Waals surface area contributed by atoms with Crippen LogP contribution in [0.5, 0.6) is 0 Å². The van der Waals surface area contributed by atoms with Crippen molar-refractivity contribution in [1.29, 1.82) is 0 Å². The SMILES string of the molecule is CCC1CC1NC(=O)N[C@@H](CO)C(=O)O. The highest BCUT2D eigenvalue weighted by Gasteiger charge is 2.36. The lowest BCUT2D eigenvalue weighted by Gasteiger charge is -2.12. The fourth-order valence-electron chi connectivity index (χ4n) is 1.43. The number of aliphatic hydroxyl groups excluding tert-OH is 1. The van der Waals surface area contributed by atoms with Crippen molar-refractivity contribution in [2.75, 3.05) is 6.61 Å². The molecular formula is C9H16N2O4. The maximum absolute atomic E-state index is 11.2. The number of aliphatic hydroxyl groups is 1. The van der Waals surface area contributed by atoms with Crippen LogP contribution in [0.25, 0.3) is 0 Å². The molecule has 1 aliphatic carbocycles. The lowest BCUT2D eigenvalue weighted by atomic mass is 10.3. The minimum atomic E-state index is -1.24. The van der Waals surface area contributed by atoms with Gasteiger partial charge >= 0.3 is 12.0 Å². The topological polar surface area (TPSA) is 98.7 Å². The summed E-state index contributed by atoms with van der Waals surface area (Å²) in [5.41, 5.74) is 0. The van der Waals surface area contributed by atoms with Gasteiger partial charge in [0.15, 0.2) is 6.04 Å². The van der Waals surface area contributed by atoms with Crippen molar-refractivity contribution in [3.05, 3.63) is 0 Å². The molecule has 0 aromatic carbocycles. The van der Waals surface area contributed by atoms with Crippen LogP contribution in [0.15, 0.2) is 0 Å². The molecule has 2 unspecified atom stereocenters. The average Bonchev–Trinajstić information content (AvgIpc) is 2.92. The Morgan fingerprint density at radius 1 is 1.53 bits per heavy atom. The molecule has 6 heteroatoms. The average molecular weight is 216 g/mol. The summed E-state index contributed by atoms with van der Waals surface area (Å²) in [5.74, 6) is -0.733. The third-order valence-corrected chi connectivity index (χ3v) is 2.55. The molecule has 1 aliphatic rings. The van der Waals surface area contributed by atoms with E-state index in [-0.39, 0.29) is 6.04 Å². The molecule has 6 nitrogen and oxygen atoms in total. The van der Waals surface area contributed by atoms with Gasteiger partial charge in [0.2, 0.25) is 0 Å². The van der Waals surface area contributed by atoms with Crippen LogP contribution >= 0.6 is 0 Å². The van der Waals surface area contributed by atoms with E-state index in [1.807, 2.05) is 6.92 Å². The number of carbonyl (C=O) groups is 2. The Morgan fingerprint density at radius 2 is 2.20 bits per heavy atom. The molecule has 0 spiro atoms. The van der Waals surface area contributed by atoms with Crippen molar-refractivity contribution in [3.8, 4) is 0 Å². The summed E-state index contributed by atoms with van der Waals surface area (Å²) >= 11 is 0. The first-order valence-electron chi connectivity index (χ1n) is 4.99. The highest BCUT2D eigenvalue weighted by Crippen LogP contribution is 2.32. The van der Waals surface area contributed by atoms with Gasteiger partial charge in [-0.1, -0.05) is 13.3 Å². The van der Waals surface area contributed by atoms with E-state index in [0.717, 1.165) is 12.8 Å². The second kappa shape index (κ2) is 4.97. The van der Waals surface area contributed by atoms with E-state index < -0.39 is 24.6 Å². The van der Waals surface area contributed by atoms with Crippen molar-refractivity contribution in [3.63, 3.8) is 0 Å². The van der Waals surface area contributed by atoms with Crippen molar-refractivity contribution in [2.45, 2.75) is 31.8 Å². The number of carbonyl (C=O) groups excluding carboxylic acids is 1. The fraction of sp³-hybridized carbons (Fsp3) is 0.778. The Hall–Kier alpha value is -1.30. The van der Waals surface area contributed by atoms with Crippen LogP contribution in [0.4, 0.5) is 4.79 Å². The lowest BCUT2D eigenvalue weighted by Crippen LogP contribution is -2.48. The van der Waals surface area contributed by atoms with Gasteiger partial charge in [0.05, 0.1) is 6.61 Å². The van der Waals surface area contributed by atoms with Gasteiger partial charge in [-0.25, -0.2) is 9.59 Å². The quantitative estimate of drug-likeness (QED) is 0.499. The van der Waals surface area contributed by atoms with Gasteiger partial charge in [0.25, 0.3) is 0 Å². The molecule has 15 heavy (non-hydrogen) atoms. The van der Waals surface area contributed by atoms with E-state index in [1.54, 1.807) is 0 Å². The van der Waals surface area contributed by atoms with E-state index in [1.165, 1.54) is 0 Å². The first kappa shape index (κ1) is 11.8. The minimum Gasteiger partial charge on any atom is -0.480 e. The van der Waals surface area contributed by atoms with Crippen molar-refractivity contribution >= 4 is 12.0 Å². The normalized spacial score (nSPS) is 25.5. The van der Waals surface area contributed by atoms with Crippen LogP contribution in [0, 0.1) is 5.92 Å². The van der Waals surface area contributed by atoms with Gasteiger partial charge in [0.1, 0.15) is 0 Å². The van der Waals surface area contributed by atoms with Crippen molar-refractivity contribution in [2.24, 2.45) is 5.92 Å². The minimum absolute atomic E-state index is 0.156. The van der Waals surface area contributed by atoms with E-state index in [0.29, 0.717) is 5.92 Å². The summed E-state index contributed by atoms with van der Waals surface area (Å²) in [6.07, 6.45) is 1.95. The Kier molecular flexibility index (Phi) is 3.90. The first-order chi connectivity index (χ1) is 7.08. The molecular weight excluding hydrogens is 200 g/mol. The number of carboxylic acids is 1. The molecule has 0 aliphatic heterocycles. The van der Waals surface area contributed by atoms with Crippen LogP contribution in [-0.4, -0.2) is 40.9 Å². The monoisotopic (exact) mass is 216 g/mol. The number of hydrogen-bond donors (Lipinski definition) is 4. The van der Waals surface area contributed by atoms with Crippen LogP contribution in [0.2, 0.25) is 0 Å². The Morgan fingerprint density at radius 3 is 2.60 bits per heavy atom. The zero-order valence-corrected chi connectivity index (χ0v) is 8.56. The Labute approximate surface area is 87.7 Å². The van der Waals surface area contributed by atoms with Crippen molar-refractivity contribution < 1.29 is 19.8 Å². The number of aliphatic carboxylic acids is 1. The standard InChI is InChI=1S/C9H16N2O4/c1-2-5-3-6(5)10-9(15)11-7(4-12)8(13)14/h5-7,12H,2-4H2,1H3,(H,13,14)(H2,10,11,15)/t5?,6?,7-/m0/s1. The molecule has 0 aromatic rings. The molecule has 4 N–H and O–H groups in total. The molecule has 0 radical (unpaired) electrons. The zero-order valence-electron chi connectivity index (χ0n) is 8.56. The van der Waals surface area contributed by atoms with E-state index >= 15 is 0 Å². The first-order valence-corrected chi connectivity index (χ1v) is 4.99. The summed E-state index contributed by atoms with van der Waals surface area (Å²) in [6, 6.07) is -1.61. The number of nitrogens with one attached hydrogen (secondary N) is 2. The molecule has 0 aromatic heterocycles. The molecule has 3 atom stereocenters. The number of rotatable bonds is 5. The predicted octanol–water partition coefficient (Wildman–Crippen LogP) is -0.470.